The summed E-state index contributed by atoms with van der Waals surface area (Å²) in [5, 5.41) is 8.88. The Labute approximate surface area is 193 Å². The highest BCUT2D eigenvalue weighted by Crippen LogP contribution is 2.31. The number of benzene rings is 2. The fraction of sp³-hybridized carbons (Fsp3) is 0.440. The number of ketones is 1. The van der Waals surface area contributed by atoms with Crippen molar-refractivity contribution in [2.24, 2.45) is 0 Å². The minimum atomic E-state index is 0.0830. The van der Waals surface area contributed by atoms with E-state index in [9.17, 15) is 4.79 Å². The van der Waals surface area contributed by atoms with Gasteiger partial charge in [0, 0.05) is 38.3 Å². The molecule has 0 aromatic heterocycles. The zero-order chi connectivity index (χ0) is 22.6. The van der Waals surface area contributed by atoms with Gasteiger partial charge in [0.25, 0.3) is 0 Å². The van der Waals surface area contributed by atoms with Crippen LogP contribution in [-0.4, -0.2) is 86.9 Å². The van der Waals surface area contributed by atoms with Gasteiger partial charge in [0.05, 0.1) is 30.4 Å². The Balaban J connectivity index is 1.09. The molecule has 2 unspecified atom stereocenters. The zero-order valence-corrected chi connectivity index (χ0v) is 18.4. The number of morpholine rings is 2. The summed E-state index contributed by atoms with van der Waals surface area (Å²) in [6, 6.07) is 14.7. The first kappa shape index (κ1) is 21.7. The number of Topliss-reactive ketones (excluding diaryl/α,β-unsaturated/α-hetero) is 1. The molecule has 0 saturated carbocycles. The molecule has 172 valence electrons. The van der Waals surface area contributed by atoms with E-state index >= 15 is 0 Å². The molecule has 0 N–H and O–H groups in total. The first-order valence-electron chi connectivity index (χ1n) is 11.3. The average molecular weight is 450 g/mol. The normalized spacial score (nSPS) is 22.4. The molecule has 2 atom stereocenters. The quantitative estimate of drug-likeness (QED) is 0.594. The van der Waals surface area contributed by atoms with E-state index < -0.39 is 0 Å². The third-order valence-electron chi connectivity index (χ3n) is 6.12. The Hall–Kier alpha value is -3.12. The molecule has 2 aromatic rings. The van der Waals surface area contributed by atoms with Gasteiger partial charge in [0.2, 0.25) is 0 Å². The van der Waals surface area contributed by atoms with Crippen molar-refractivity contribution in [1.82, 2.24) is 9.80 Å². The van der Waals surface area contributed by atoms with Crippen molar-refractivity contribution in [2.75, 3.05) is 59.1 Å². The van der Waals surface area contributed by atoms with Crippen molar-refractivity contribution in [3.05, 3.63) is 53.6 Å². The first-order chi connectivity index (χ1) is 16.2. The van der Waals surface area contributed by atoms with E-state index in [4.69, 9.17) is 24.2 Å². The summed E-state index contributed by atoms with van der Waals surface area (Å²) in [5.74, 6) is 2.19. The molecule has 0 aliphatic carbocycles. The van der Waals surface area contributed by atoms with E-state index in [1.54, 1.807) is 18.2 Å². The van der Waals surface area contributed by atoms with Gasteiger partial charge < -0.3 is 18.9 Å². The second-order valence-electron chi connectivity index (χ2n) is 8.60. The molecule has 3 aliphatic rings. The number of hydrogen-bond acceptors (Lipinski definition) is 8. The Morgan fingerprint density at radius 2 is 1.67 bits per heavy atom. The lowest BCUT2D eigenvalue weighted by molar-refractivity contribution is -0.137. The van der Waals surface area contributed by atoms with Gasteiger partial charge in [-0.1, -0.05) is 0 Å². The lowest BCUT2D eigenvalue weighted by Gasteiger charge is -2.45. The summed E-state index contributed by atoms with van der Waals surface area (Å²) in [6.07, 6.45) is 0.168. The van der Waals surface area contributed by atoms with E-state index in [0.29, 0.717) is 49.0 Å². The minimum Gasteiger partial charge on any atom is -0.492 e. The number of ether oxygens (including phenoxy) is 4. The van der Waals surface area contributed by atoms with Gasteiger partial charge in [-0.15, -0.1) is 0 Å². The van der Waals surface area contributed by atoms with Crippen LogP contribution in [0.4, 0.5) is 0 Å². The average Bonchev–Trinajstić information content (AvgIpc) is 2.83. The van der Waals surface area contributed by atoms with Gasteiger partial charge in [-0.3, -0.25) is 14.6 Å². The number of hydrogen-bond donors (Lipinski definition) is 0. The van der Waals surface area contributed by atoms with Crippen molar-refractivity contribution < 1.29 is 23.7 Å². The topological polar surface area (TPSA) is 84.3 Å². The molecule has 33 heavy (non-hydrogen) atoms. The summed E-state index contributed by atoms with van der Waals surface area (Å²) < 4.78 is 23.1. The number of nitriles is 1. The maximum atomic E-state index is 12.9. The van der Waals surface area contributed by atoms with Gasteiger partial charge in [-0.25, -0.2) is 0 Å². The maximum absolute atomic E-state index is 12.9. The highest BCUT2D eigenvalue weighted by atomic mass is 16.6. The van der Waals surface area contributed by atoms with Crippen LogP contribution in [0.3, 0.4) is 0 Å². The molecule has 8 heteroatoms. The van der Waals surface area contributed by atoms with Crippen LogP contribution in [0.15, 0.2) is 42.5 Å². The second kappa shape index (κ2) is 9.79. The summed E-state index contributed by atoms with van der Waals surface area (Å²) in [5.41, 5.74) is 1.28. The fourth-order valence-corrected chi connectivity index (χ4v) is 4.60. The zero-order valence-electron chi connectivity index (χ0n) is 18.4. The van der Waals surface area contributed by atoms with Crippen LogP contribution in [0.2, 0.25) is 0 Å². The summed E-state index contributed by atoms with van der Waals surface area (Å²) in [6.45, 7) is 5.92. The van der Waals surface area contributed by atoms with Gasteiger partial charge in [-0.2, -0.15) is 5.26 Å². The molecule has 0 amide bonds. The van der Waals surface area contributed by atoms with Crippen molar-refractivity contribution in [3.8, 4) is 23.3 Å². The standard InChI is InChI=1S/C25H27N3O5/c26-12-18-1-4-20(5-2-18)30-8-7-27-13-21-15-28(16-22(14-27)33-21)17-23(29)19-3-6-24-25(11-19)32-10-9-31-24/h1-6,11,21-22H,7-10,13-17H2. The molecule has 3 heterocycles. The van der Waals surface area contributed by atoms with Gasteiger partial charge in [0.1, 0.15) is 25.6 Å². The number of nitrogens with zero attached hydrogens (tertiary/aromatic N) is 3. The van der Waals surface area contributed by atoms with Crippen LogP contribution >= 0.6 is 0 Å². The minimum absolute atomic E-state index is 0.0830. The molecule has 8 nitrogen and oxygen atoms in total. The van der Waals surface area contributed by atoms with E-state index in [-0.39, 0.29) is 18.0 Å². The SMILES string of the molecule is N#Cc1ccc(OCCN2CC3CN(CC(=O)c4ccc5c(c4)OCCO5)CC(C2)O3)cc1. The largest absolute Gasteiger partial charge is 0.492 e. The number of fused-ring (bicyclic) bond motifs is 3. The van der Waals surface area contributed by atoms with Gasteiger partial charge in [0.15, 0.2) is 17.3 Å². The van der Waals surface area contributed by atoms with E-state index in [0.717, 1.165) is 38.5 Å². The third-order valence-corrected chi connectivity index (χ3v) is 6.12. The van der Waals surface area contributed by atoms with Crippen LogP contribution < -0.4 is 14.2 Å². The van der Waals surface area contributed by atoms with Crippen LogP contribution in [0, 0.1) is 11.3 Å². The molecule has 2 fully saturated rings. The Morgan fingerprint density at radius 1 is 0.970 bits per heavy atom. The Bertz CT molecular complexity index is 1020. The van der Waals surface area contributed by atoms with E-state index in [1.807, 2.05) is 24.3 Å². The van der Waals surface area contributed by atoms with E-state index in [2.05, 4.69) is 15.9 Å². The van der Waals surface area contributed by atoms with Crippen LogP contribution in [0.1, 0.15) is 15.9 Å². The summed E-state index contributed by atoms with van der Waals surface area (Å²) >= 11 is 0. The van der Waals surface area contributed by atoms with Gasteiger partial charge >= 0.3 is 0 Å². The molecule has 2 saturated heterocycles. The highest BCUT2D eigenvalue weighted by molar-refractivity contribution is 5.98. The number of rotatable bonds is 7. The summed E-state index contributed by atoms with van der Waals surface area (Å²) in [7, 11) is 0. The molecule has 2 aromatic carbocycles. The molecule has 5 rings (SSSR count). The van der Waals surface area contributed by atoms with Crippen molar-refractivity contribution in [2.45, 2.75) is 12.2 Å². The Kier molecular flexibility index (Phi) is 6.44. The number of carbonyl (C=O) groups is 1. The molecular formula is C25H27N3O5. The van der Waals surface area contributed by atoms with E-state index in [1.165, 1.54) is 0 Å². The van der Waals surface area contributed by atoms with Crippen LogP contribution in [0.25, 0.3) is 0 Å². The smallest absolute Gasteiger partial charge is 0.176 e. The third kappa shape index (κ3) is 5.28. The highest BCUT2D eigenvalue weighted by Gasteiger charge is 2.35. The van der Waals surface area contributed by atoms with Gasteiger partial charge in [-0.05, 0) is 42.5 Å². The lowest BCUT2D eigenvalue weighted by atomic mass is 10.1. The molecular weight excluding hydrogens is 422 g/mol. The Morgan fingerprint density at radius 3 is 2.39 bits per heavy atom. The monoisotopic (exact) mass is 449 g/mol. The molecule has 0 spiro atoms. The second-order valence-corrected chi connectivity index (χ2v) is 8.60. The first-order valence-corrected chi connectivity index (χ1v) is 11.3. The maximum Gasteiger partial charge on any atom is 0.176 e. The fourth-order valence-electron chi connectivity index (χ4n) is 4.60. The summed E-state index contributed by atoms with van der Waals surface area (Å²) in [4.78, 5) is 17.4. The lowest BCUT2D eigenvalue weighted by Crippen LogP contribution is -2.60. The predicted octanol–water partition coefficient (Wildman–Crippen LogP) is 1.98. The molecule has 2 bridgehead atoms. The predicted molar refractivity (Wildman–Crippen MR) is 120 cm³/mol. The van der Waals surface area contributed by atoms with Crippen molar-refractivity contribution in [1.29, 1.82) is 5.26 Å². The molecule has 0 radical (unpaired) electrons. The van der Waals surface area contributed by atoms with Crippen LogP contribution in [0.5, 0.6) is 17.2 Å². The number of carbonyl (C=O) groups excluding carboxylic acids is 1. The van der Waals surface area contributed by atoms with Crippen molar-refractivity contribution in [3.63, 3.8) is 0 Å². The van der Waals surface area contributed by atoms with Crippen molar-refractivity contribution >= 4 is 5.78 Å². The van der Waals surface area contributed by atoms with Crippen LogP contribution in [-0.2, 0) is 4.74 Å². The molecule has 3 aliphatic heterocycles.